The van der Waals surface area contributed by atoms with Gasteiger partial charge in [-0.25, -0.2) is 0 Å². The van der Waals surface area contributed by atoms with Gasteiger partial charge >= 0.3 is 0 Å². The van der Waals surface area contributed by atoms with Crippen LogP contribution in [0, 0.1) is 31.6 Å². The zero-order valence-corrected chi connectivity index (χ0v) is 22.1. The third-order valence-corrected chi connectivity index (χ3v) is 10.1. The van der Waals surface area contributed by atoms with Crippen molar-refractivity contribution in [2.45, 2.75) is 75.8 Å². The molecule has 1 aromatic carbocycles. The zero-order chi connectivity index (χ0) is 25.3. The fourth-order valence-corrected chi connectivity index (χ4v) is 8.79. The number of hydrogen-bond donors (Lipinski definition) is 3. The Morgan fingerprint density at radius 2 is 1.97 bits per heavy atom. The Morgan fingerprint density at radius 1 is 1.20 bits per heavy atom. The summed E-state index contributed by atoms with van der Waals surface area (Å²) in [4.78, 5) is 42.9. The molecular weight excluding hydrogens is 462 g/mol. The van der Waals surface area contributed by atoms with Crippen LogP contribution >= 0.6 is 11.8 Å². The molecule has 0 aliphatic carbocycles. The van der Waals surface area contributed by atoms with Gasteiger partial charge in [-0.2, -0.15) is 0 Å². The molecule has 0 radical (unpaired) electrons. The standard InChI is InChI=1S/C27H39N3O4S/c1-5-11-28-24(32)21-20-15-18(4)27(35-20)22(21)26(34)30(12-7-6-8-13-31)23(27)25(33)29-19-14-16(2)9-10-17(19)3/h9-10,14,18,20-23,31H,5-8,11-13,15H2,1-4H3,(H,28,32)(H,29,33)/t18?,20-,21+,22-,23?,27?/m0/s1. The first-order chi connectivity index (χ1) is 16.8. The highest BCUT2D eigenvalue weighted by molar-refractivity contribution is 8.02. The number of anilines is 1. The molecule has 0 aromatic heterocycles. The van der Waals surface area contributed by atoms with Gasteiger partial charge in [0.25, 0.3) is 0 Å². The highest BCUT2D eigenvalue weighted by atomic mass is 32.2. The van der Waals surface area contributed by atoms with Crippen LogP contribution in [0.1, 0.15) is 57.1 Å². The molecule has 3 heterocycles. The lowest BCUT2D eigenvalue weighted by atomic mass is 9.66. The summed E-state index contributed by atoms with van der Waals surface area (Å²) in [6, 6.07) is 5.35. The second-order valence-corrected chi connectivity index (χ2v) is 12.0. The van der Waals surface area contributed by atoms with Crippen LogP contribution in [0.5, 0.6) is 0 Å². The van der Waals surface area contributed by atoms with E-state index >= 15 is 0 Å². The molecule has 35 heavy (non-hydrogen) atoms. The smallest absolute Gasteiger partial charge is 0.248 e. The Kier molecular flexibility index (Phi) is 7.81. The van der Waals surface area contributed by atoms with Crippen LogP contribution in [0.2, 0.25) is 0 Å². The second kappa shape index (κ2) is 10.5. The van der Waals surface area contributed by atoms with Crippen LogP contribution in [-0.2, 0) is 14.4 Å². The molecule has 2 bridgehead atoms. The number of amides is 3. The minimum absolute atomic E-state index is 0.0488. The lowest BCUT2D eigenvalue weighted by Gasteiger charge is -2.38. The van der Waals surface area contributed by atoms with E-state index in [-0.39, 0.29) is 35.5 Å². The van der Waals surface area contributed by atoms with Crippen LogP contribution in [0.4, 0.5) is 5.69 Å². The number of nitrogens with zero attached hydrogens (tertiary/aromatic N) is 1. The van der Waals surface area contributed by atoms with Crippen LogP contribution < -0.4 is 10.6 Å². The topological polar surface area (TPSA) is 98.7 Å². The number of aliphatic hydroxyl groups excluding tert-OH is 1. The number of thioether (sulfide) groups is 1. The van der Waals surface area contributed by atoms with Crippen molar-refractivity contribution in [3.8, 4) is 0 Å². The van der Waals surface area contributed by atoms with Gasteiger partial charge in [0.2, 0.25) is 17.7 Å². The highest BCUT2D eigenvalue weighted by Crippen LogP contribution is 2.68. The summed E-state index contributed by atoms with van der Waals surface area (Å²) in [5, 5.41) is 15.4. The lowest BCUT2D eigenvalue weighted by molar-refractivity contribution is -0.139. The molecular formula is C27H39N3O4S. The van der Waals surface area contributed by atoms with E-state index in [4.69, 9.17) is 0 Å². The first-order valence-electron chi connectivity index (χ1n) is 13.0. The van der Waals surface area contributed by atoms with Crippen molar-refractivity contribution >= 4 is 35.2 Å². The summed E-state index contributed by atoms with van der Waals surface area (Å²) in [5.74, 6) is -0.996. The molecule has 3 aliphatic heterocycles. The van der Waals surface area contributed by atoms with Crippen molar-refractivity contribution in [1.82, 2.24) is 10.2 Å². The fraction of sp³-hybridized carbons (Fsp3) is 0.667. The summed E-state index contributed by atoms with van der Waals surface area (Å²) >= 11 is 1.71. The number of unbranched alkanes of at least 4 members (excludes halogenated alkanes) is 2. The van der Waals surface area contributed by atoms with Gasteiger partial charge < -0.3 is 20.6 Å². The molecule has 3 aliphatic rings. The molecule has 1 spiro atoms. The SMILES string of the molecule is CCCNC(=O)[C@@H]1[C@@H]2CC(C)C3(S2)C(C(=O)Nc2cc(C)ccc2C)N(CCCCCO)C(=O)[C@H]13. The summed E-state index contributed by atoms with van der Waals surface area (Å²) in [6.45, 7) is 9.29. The van der Waals surface area contributed by atoms with Crippen molar-refractivity contribution in [3.05, 3.63) is 29.3 Å². The van der Waals surface area contributed by atoms with Crippen LogP contribution in [0.25, 0.3) is 0 Å². The Morgan fingerprint density at radius 3 is 2.69 bits per heavy atom. The number of carbonyl (C=O) groups is 3. The number of aliphatic hydroxyl groups is 1. The molecule has 3 N–H and O–H groups in total. The lowest BCUT2D eigenvalue weighted by Crippen LogP contribution is -2.55. The molecule has 3 unspecified atom stereocenters. The molecule has 7 nitrogen and oxygen atoms in total. The number of carbonyl (C=O) groups excluding carboxylic acids is 3. The number of hydrogen-bond acceptors (Lipinski definition) is 5. The average molecular weight is 502 g/mol. The molecule has 6 atom stereocenters. The number of likely N-dealkylation sites (tertiary alicyclic amines) is 1. The van der Waals surface area contributed by atoms with E-state index in [2.05, 4.69) is 17.6 Å². The predicted octanol–water partition coefficient (Wildman–Crippen LogP) is 3.27. The molecule has 3 fully saturated rings. The Hall–Kier alpha value is -2.06. The van der Waals surface area contributed by atoms with Crippen molar-refractivity contribution < 1.29 is 19.5 Å². The van der Waals surface area contributed by atoms with Crippen molar-refractivity contribution in [2.24, 2.45) is 17.8 Å². The van der Waals surface area contributed by atoms with E-state index < -0.39 is 22.6 Å². The van der Waals surface area contributed by atoms with Crippen molar-refractivity contribution in [3.63, 3.8) is 0 Å². The van der Waals surface area contributed by atoms with Crippen LogP contribution in [0.15, 0.2) is 18.2 Å². The zero-order valence-electron chi connectivity index (χ0n) is 21.3. The molecule has 1 aromatic rings. The van der Waals surface area contributed by atoms with Gasteiger partial charge in [-0.05, 0) is 69.1 Å². The molecule has 3 saturated heterocycles. The van der Waals surface area contributed by atoms with Gasteiger partial charge in [0, 0.05) is 30.6 Å². The molecule has 4 rings (SSSR count). The first-order valence-corrected chi connectivity index (χ1v) is 13.9. The maximum atomic E-state index is 14.0. The van der Waals surface area contributed by atoms with E-state index in [1.165, 1.54) is 0 Å². The van der Waals surface area contributed by atoms with Crippen molar-refractivity contribution in [2.75, 3.05) is 25.0 Å². The van der Waals surface area contributed by atoms with Gasteiger partial charge in [-0.1, -0.05) is 26.0 Å². The predicted molar refractivity (Wildman–Crippen MR) is 139 cm³/mol. The Balaban J connectivity index is 1.68. The maximum absolute atomic E-state index is 14.0. The summed E-state index contributed by atoms with van der Waals surface area (Å²) in [7, 11) is 0. The Labute approximate surface area is 212 Å². The first kappa shape index (κ1) is 26.0. The third-order valence-electron chi connectivity index (χ3n) is 8.05. The van der Waals surface area contributed by atoms with Gasteiger partial charge in [0.1, 0.15) is 6.04 Å². The van der Waals surface area contributed by atoms with E-state index in [9.17, 15) is 19.5 Å². The normalized spacial score (nSPS) is 31.1. The van der Waals surface area contributed by atoms with Crippen LogP contribution in [-0.4, -0.2) is 63.5 Å². The molecule has 3 amide bonds. The summed E-state index contributed by atoms with van der Waals surface area (Å²) < 4.78 is -0.602. The van der Waals surface area contributed by atoms with E-state index in [0.29, 0.717) is 19.5 Å². The fourth-order valence-electron chi connectivity index (χ4n) is 6.37. The minimum Gasteiger partial charge on any atom is -0.396 e. The highest BCUT2D eigenvalue weighted by Gasteiger charge is 2.75. The maximum Gasteiger partial charge on any atom is 0.248 e. The van der Waals surface area contributed by atoms with Gasteiger partial charge in [-0.15, -0.1) is 11.8 Å². The molecule has 192 valence electrons. The summed E-state index contributed by atoms with van der Waals surface area (Å²) in [5.41, 5.74) is 2.80. The van der Waals surface area contributed by atoms with Crippen LogP contribution in [0.3, 0.4) is 0 Å². The third kappa shape index (κ3) is 4.48. The van der Waals surface area contributed by atoms with Gasteiger partial charge in [0.05, 0.1) is 16.6 Å². The van der Waals surface area contributed by atoms with E-state index in [1.54, 1.807) is 16.7 Å². The monoisotopic (exact) mass is 501 g/mol. The number of aryl methyl sites for hydroxylation is 2. The van der Waals surface area contributed by atoms with Gasteiger partial charge in [0.15, 0.2) is 0 Å². The quantitative estimate of drug-likeness (QED) is 0.428. The molecule has 8 heteroatoms. The number of benzene rings is 1. The minimum atomic E-state index is -0.622. The van der Waals surface area contributed by atoms with E-state index in [0.717, 1.165) is 42.5 Å². The van der Waals surface area contributed by atoms with E-state index in [1.807, 2.05) is 39.0 Å². The number of rotatable bonds is 10. The average Bonchev–Trinajstić information content (AvgIpc) is 3.41. The largest absolute Gasteiger partial charge is 0.396 e. The summed E-state index contributed by atoms with van der Waals surface area (Å²) in [6.07, 6.45) is 3.86. The van der Waals surface area contributed by atoms with Crippen molar-refractivity contribution in [1.29, 1.82) is 0 Å². The van der Waals surface area contributed by atoms with Gasteiger partial charge in [-0.3, -0.25) is 14.4 Å². The number of nitrogens with one attached hydrogen (secondary N) is 2. The Bertz CT molecular complexity index is 985. The number of fused-ring (bicyclic) bond motifs is 1. The second-order valence-electron chi connectivity index (χ2n) is 10.5. The molecule has 0 saturated carbocycles.